The van der Waals surface area contributed by atoms with E-state index in [0.717, 1.165) is 31.6 Å². The van der Waals surface area contributed by atoms with Gasteiger partial charge >= 0.3 is 0 Å². The molecule has 0 bridgehead atoms. The van der Waals surface area contributed by atoms with E-state index in [4.69, 9.17) is 4.74 Å². The van der Waals surface area contributed by atoms with Crippen LogP contribution in [-0.4, -0.2) is 18.2 Å². The Morgan fingerprint density at radius 2 is 2.24 bits per heavy atom. The number of hydrogen-bond donors (Lipinski definition) is 1. The van der Waals surface area contributed by atoms with Crippen molar-refractivity contribution in [3.05, 3.63) is 29.3 Å². The van der Waals surface area contributed by atoms with E-state index in [0.29, 0.717) is 5.92 Å². The monoisotopic (exact) mass is 286 g/mol. The quantitative estimate of drug-likeness (QED) is 0.892. The van der Waals surface area contributed by atoms with E-state index < -0.39 is 5.54 Å². The maximum atomic E-state index is 9.41. The van der Waals surface area contributed by atoms with Gasteiger partial charge in [0.05, 0.1) is 6.07 Å². The maximum Gasteiger partial charge on any atom is 0.120 e. The van der Waals surface area contributed by atoms with E-state index in [1.54, 1.807) is 0 Å². The molecule has 0 saturated heterocycles. The first-order valence-electron chi connectivity index (χ1n) is 7.93. The molecule has 1 fully saturated rings. The molecule has 0 radical (unpaired) electrons. The third-order valence-electron chi connectivity index (χ3n) is 4.36. The van der Waals surface area contributed by atoms with E-state index >= 15 is 0 Å². The number of benzene rings is 1. The molecule has 2 atom stereocenters. The Balaban J connectivity index is 2.04. The third-order valence-corrected chi connectivity index (χ3v) is 4.36. The Morgan fingerprint density at radius 1 is 1.48 bits per heavy atom. The number of nitriles is 1. The maximum absolute atomic E-state index is 9.41. The lowest BCUT2D eigenvalue weighted by Crippen LogP contribution is -2.42. The minimum atomic E-state index is -0.396. The number of rotatable bonds is 5. The Kier molecular flexibility index (Phi) is 4.90. The second-order valence-corrected chi connectivity index (χ2v) is 6.38. The van der Waals surface area contributed by atoms with Crippen molar-refractivity contribution in [1.82, 2.24) is 5.32 Å². The fraction of sp³-hybridized carbons (Fsp3) is 0.611. The predicted molar refractivity (Wildman–Crippen MR) is 85.6 cm³/mol. The van der Waals surface area contributed by atoms with Gasteiger partial charge < -0.3 is 4.74 Å². The molecule has 2 rings (SSSR count). The first kappa shape index (κ1) is 15.9. The third kappa shape index (κ3) is 3.57. The molecular formula is C18H26N2O. The summed E-state index contributed by atoms with van der Waals surface area (Å²) in [6.07, 6.45) is 2.70. The van der Waals surface area contributed by atoms with Crippen LogP contribution in [-0.2, 0) is 0 Å². The van der Waals surface area contributed by atoms with Crippen molar-refractivity contribution in [3.63, 3.8) is 0 Å². The summed E-state index contributed by atoms with van der Waals surface area (Å²) in [7, 11) is 0. The Hall–Kier alpha value is -1.53. The lowest BCUT2D eigenvalue weighted by molar-refractivity contribution is 0.201. The van der Waals surface area contributed by atoms with Crippen LogP contribution in [0, 0.1) is 18.3 Å². The second-order valence-electron chi connectivity index (χ2n) is 6.38. The van der Waals surface area contributed by atoms with Gasteiger partial charge in [0, 0.05) is 6.42 Å². The van der Waals surface area contributed by atoms with Gasteiger partial charge in [-0.2, -0.15) is 5.26 Å². The van der Waals surface area contributed by atoms with Crippen molar-refractivity contribution in [2.75, 3.05) is 6.54 Å². The van der Waals surface area contributed by atoms with Crippen LogP contribution in [0.15, 0.2) is 18.2 Å². The molecule has 1 aromatic carbocycles. The summed E-state index contributed by atoms with van der Waals surface area (Å²) in [5.74, 6) is 1.46. The molecule has 0 aliphatic heterocycles. The summed E-state index contributed by atoms with van der Waals surface area (Å²) in [5, 5.41) is 12.7. The first-order valence-corrected chi connectivity index (χ1v) is 7.93. The van der Waals surface area contributed by atoms with Gasteiger partial charge in [0.2, 0.25) is 0 Å². The molecule has 0 spiro atoms. The number of aryl methyl sites for hydroxylation is 1. The highest BCUT2D eigenvalue weighted by Crippen LogP contribution is 2.33. The Bertz CT molecular complexity index is 533. The van der Waals surface area contributed by atoms with Crippen molar-refractivity contribution >= 4 is 0 Å². The van der Waals surface area contributed by atoms with Gasteiger partial charge in [-0.1, -0.05) is 26.8 Å². The van der Waals surface area contributed by atoms with E-state index in [1.165, 1.54) is 11.1 Å². The van der Waals surface area contributed by atoms with Crippen LogP contribution in [0.4, 0.5) is 0 Å². The SMILES string of the molecule is CCNC1(C#N)CCC(Oc2ccc(C(C)C)c(C)c2)C1. The van der Waals surface area contributed by atoms with Gasteiger partial charge in [0.25, 0.3) is 0 Å². The zero-order valence-corrected chi connectivity index (χ0v) is 13.6. The molecular weight excluding hydrogens is 260 g/mol. The Morgan fingerprint density at radius 3 is 2.81 bits per heavy atom. The lowest BCUT2D eigenvalue weighted by Gasteiger charge is -2.22. The molecule has 3 nitrogen and oxygen atoms in total. The number of ether oxygens (including phenoxy) is 1. The summed E-state index contributed by atoms with van der Waals surface area (Å²) < 4.78 is 6.10. The topological polar surface area (TPSA) is 45.0 Å². The fourth-order valence-corrected chi connectivity index (χ4v) is 3.30. The summed E-state index contributed by atoms with van der Waals surface area (Å²) in [6, 6.07) is 8.77. The molecule has 114 valence electrons. The van der Waals surface area contributed by atoms with Gasteiger partial charge in [-0.05, 0) is 55.5 Å². The molecule has 1 N–H and O–H groups in total. The van der Waals surface area contributed by atoms with Crippen LogP contribution in [0.1, 0.15) is 57.1 Å². The smallest absolute Gasteiger partial charge is 0.120 e. The molecule has 0 aromatic heterocycles. The number of nitrogens with zero attached hydrogens (tertiary/aromatic N) is 1. The highest BCUT2D eigenvalue weighted by atomic mass is 16.5. The van der Waals surface area contributed by atoms with Crippen molar-refractivity contribution in [1.29, 1.82) is 5.26 Å². The summed E-state index contributed by atoms with van der Waals surface area (Å²) in [5.41, 5.74) is 2.25. The average molecular weight is 286 g/mol. The summed E-state index contributed by atoms with van der Waals surface area (Å²) in [6.45, 7) is 9.41. The lowest BCUT2D eigenvalue weighted by atomic mass is 9.98. The van der Waals surface area contributed by atoms with Crippen LogP contribution in [0.3, 0.4) is 0 Å². The van der Waals surface area contributed by atoms with E-state index in [2.05, 4.69) is 50.4 Å². The molecule has 3 heteroatoms. The molecule has 2 unspecified atom stereocenters. The van der Waals surface area contributed by atoms with Gasteiger partial charge in [0.15, 0.2) is 0 Å². The number of hydrogen-bond acceptors (Lipinski definition) is 3. The van der Waals surface area contributed by atoms with Gasteiger partial charge in [0.1, 0.15) is 17.4 Å². The van der Waals surface area contributed by atoms with Crippen molar-refractivity contribution in [3.8, 4) is 11.8 Å². The minimum absolute atomic E-state index is 0.132. The van der Waals surface area contributed by atoms with Crippen LogP contribution in [0.25, 0.3) is 0 Å². The van der Waals surface area contributed by atoms with Crippen molar-refractivity contribution in [2.24, 2.45) is 0 Å². The average Bonchev–Trinajstić information content (AvgIpc) is 2.82. The molecule has 0 amide bonds. The van der Waals surface area contributed by atoms with Crippen LogP contribution >= 0.6 is 0 Å². The molecule has 0 heterocycles. The van der Waals surface area contributed by atoms with Crippen LogP contribution < -0.4 is 10.1 Å². The normalized spacial score (nSPS) is 25.0. The van der Waals surface area contributed by atoms with Crippen LogP contribution in [0.5, 0.6) is 5.75 Å². The van der Waals surface area contributed by atoms with E-state index in [-0.39, 0.29) is 6.10 Å². The van der Waals surface area contributed by atoms with Crippen LogP contribution in [0.2, 0.25) is 0 Å². The second kappa shape index (κ2) is 6.49. The van der Waals surface area contributed by atoms with E-state index in [1.807, 2.05) is 6.92 Å². The standard InChI is InChI=1S/C18H26N2O/c1-5-20-18(12-19)9-8-16(11-18)21-15-6-7-17(13(2)3)14(4)10-15/h6-7,10,13,16,20H,5,8-9,11H2,1-4H3. The van der Waals surface area contributed by atoms with Crippen molar-refractivity contribution in [2.45, 2.75) is 64.5 Å². The van der Waals surface area contributed by atoms with E-state index in [9.17, 15) is 5.26 Å². The Labute approximate surface area is 128 Å². The molecule has 1 saturated carbocycles. The molecule has 1 aliphatic rings. The summed E-state index contributed by atoms with van der Waals surface area (Å²) >= 11 is 0. The zero-order chi connectivity index (χ0) is 15.5. The molecule has 1 aromatic rings. The zero-order valence-electron chi connectivity index (χ0n) is 13.6. The van der Waals surface area contributed by atoms with Gasteiger partial charge in [-0.25, -0.2) is 0 Å². The molecule has 1 aliphatic carbocycles. The molecule has 21 heavy (non-hydrogen) atoms. The van der Waals surface area contributed by atoms with Crippen molar-refractivity contribution < 1.29 is 4.74 Å². The predicted octanol–water partition coefficient (Wildman–Crippen LogP) is 3.92. The highest BCUT2D eigenvalue weighted by Gasteiger charge is 2.39. The fourth-order valence-electron chi connectivity index (χ4n) is 3.30. The van der Waals surface area contributed by atoms with Gasteiger partial charge in [-0.3, -0.25) is 5.32 Å². The highest BCUT2D eigenvalue weighted by molar-refractivity contribution is 5.36. The first-order chi connectivity index (χ1) is 9.99. The van der Waals surface area contributed by atoms with Gasteiger partial charge in [-0.15, -0.1) is 0 Å². The number of nitrogens with one attached hydrogen (secondary N) is 1. The summed E-state index contributed by atoms with van der Waals surface area (Å²) in [4.78, 5) is 0. The largest absolute Gasteiger partial charge is 0.490 e. The minimum Gasteiger partial charge on any atom is -0.490 e.